The quantitative estimate of drug-likeness (QED) is 0.333. The minimum absolute atomic E-state index is 0.0549. The molecule has 0 heterocycles. The Balaban J connectivity index is 1.62. The van der Waals surface area contributed by atoms with E-state index in [9.17, 15) is 24.3 Å². The van der Waals surface area contributed by atoms with Crippen molar-refractivity contribution in [1.82, 2.24) is 10.6 Å². The Morgan fingerprint density at radius 2 is 1.60 bits per heavy atom. The van der Waals surface area contributed by atoms with Crippen molar-refractivity contribution in [1.29, 1.82) is 0 Å². The van der Waals surface area contributed by atoms with Crippen LogP contribution < -0.4 is 10.6 Å². The number of amides is 2. The van der Waals surface area contributed by atoms with E-state index in [1.807, 2.05) is 48.5 Å². The minimum Gasteiger partial charge on any atom is -0.480 e. The van der Waals surface area contributed by atoms with Crippen molar-refractivity contribution < 1.29 is 33.8 Å². The lowest BCUT2D eigenvalue weighted by atomic mass is 9.98. The molecule has 9 nitrogen and oxygen atoms in total. The molecule has 2 aromatic carbocycles. The molecule has 0 saturated carbocycles. The molecule has 0 aliphatic heterocycles. The lowest BCUT2D eigenvalue weighted by Crippen LogP contribution is -2.51. The largest absolute Gasteiger partial charge is 0.480 e. The molecule has 0 radical (unpaired) electrons. The van der Waals surface area contributed by atoms with Crippen molar-refractivity contribution in [3.8, 4) is 11.1 Å². The Bertz CT molecular complexity index is 1070. The molecule has 3 N–H and O–H groups in total. The fourth-order valence-electron chi connectivity index (χ4n) is 4.07. The summed E-state index contributed by atoms with van der Waals surface area (Å²) in [6, 6.07) is 13.4. The lowest BCUT2D eigenvalue weighted by molar-refractivity contribution is -0.144. The van der Waals surface area contributed by atoms with Crippen molar-refractivity contribution in [3.63, 3.8) is 0 Å². The van der Waals surface area contributed by atoms with Crippen molar-refractivity contribution >= 4 is 23.9 Å². The van der Waals surface area contributed by atoms with Crippen LogP contribution in [0.5, 0.6) is 0 Å². The molecule has 35 heavy (non-hydrogen) atoms. The number of nitrogens with one attached hydrogen (secondary N) is 2. The predicted molar refractivity (Wildman–Crippen MR) is 128 cm³/mol. The van der Waals surface area contributed by atoms with Gasteiger partial charge in [0.05, 0.1) is 7.11 Å². The summed E-state index contributed by atoms with van der Waals surface area (Å²) in [6.45, 7) is 3.65. The van der Waals surface area contributed by atoms with Crippen molar-refractivity contribution in [3.05, 3.63) is 72.3 Å². The summed E-state index contributed by atoms with van der Waals surface area (Å²) in [4.78, 5) is 48.1. The summed E-state index contributed by atoms with van der Waals surface area (Å²) >= 11 is 0. The van der Waals surface area contributed by atoms with E-state index in [0.717, 1.165) is 22.3 Å². The fourth-order valence-corrected chi connectivity index (χ4v) is 4.07. The average Bonchev–Trinajstić information content (AvgIpc) is 3.18. The third kappa shape index (κ3) is 6.26. The summed E-state index contributed by atoms with van der Waals surface area (Å²) < 4.78 is 9.98. The fraction of sp³-hybridized carbons (Fsp3) is 0.308. The number of esters is 1. The number of aliphatic carboxylic acids is 1. The minimum atomic E-state index is -1.32. The van der Waals surface area contributed by atoms with Gasteiger partial charge in [-0.05, 0) is 35.1 Å². The maximum absolute atomic E-state index is 12.7. The smallest absolute Gasteiger partial charge is 0.407 e. The van der Waals surface area contributed by atoms with Gasteiger partial charge in [0.25, 0.3) is 0 Å². The summed E-state index contributed by atoms with van der Waals surface area (Å²) in [5.41, 5.74) is 4.29. The first-order valence-corrected chi connectivity index (χ1v) is 11.2. The first-order valence-electron chi connectivity index (χ1n) is 11.2. The molecular weight excluding hydrogens is 452 g/mol. The Hall–Kier alpha value is -4.14. The number of benzene rings is 2. The molecule has 0 aromatic heterocycles. The van der Waals surface area contributed by atoms with Crippen molar-refractivity contribution in [2.24, 2.45) is 0 Å². The van der Waals surface area contributed by atoms with E-state index in [2.05, 4.69) is 21.9 Å². The number of hydrogen-bond acceptors (Lipinski definition) is 6. The van der Waals surface area contributed by atoms with Gasteiger partial charge in [0.2, 0.25) is 5.91 Å². The number of fused-ring (bicyclic) bond motifs is 3. The Morgan fingerprint density at radius 1 is 1.00 bits per heavy atom. The van der Waals surface area contributed by atoms with Crippen molar-refractivity contribution in [2.45, 2.75) is 37.3 Å². The van der Waals surface area contributed by atoms with Crippen molar-refractivity contribution in [2.75, 3.05) is 13.7 Å². The van der Waals surface area contributed by atoms with Gasteiger partial charge in [-0.25, -0.2) is 9.59 Å². The highest BCUT2D eigenvalue weighted by Gasteiger charge is 2.30. The second kappa shape index (κ2) is 11.8. The molecule has 1 aliphatic rings. The highest BCUT2D eigenvalue weighted by Crippen LogP contribution is 2.44. The van der Waals surface area contributed by atoms with Gasteiger partial charge in [-0.3, -0.25) is 9.59 Å². The maximum Gasteiger partial charge on any atom is 0.407 e. The van der Waals surface area contributed by atoms with Gasteiger partial charge >= 0.3 is 18.0 Å². The summed E-state index contributed by atoms with van der Waals surface area (Å²) in [6.07, 6.45) is 0.340. The highest BCUT2D eigenvalue weighted by molar-refractivity contribution is 5.89. The second-order valence-corrected chi connectivity index (χ2v) is 8.06. The number of methoxy groups -OCH3 is 1. The molecule has 0 saturated heterocycles. The van der Waals surface area contributed by atoms with Crippen LogP contribution in [0.3, 0.4) is 0 Å². The molecule has 0 bridgehead atoms. The molecule has 1 aliphatic carbocycles. The molecule has 184 valence electrons. The van der Waals surface area contributed by atoms with Gasteiger partial charge in [-0.1, -0.05) is 54.6 Å². The number of carboxylic acid groups (broad SMARTS) is 1. The molecule has 3 rings (SSSR count). The van der Waals surface area contributed by atoms with Crippen LogP contribution in [-0.4, -0.2) is 54.8 Å². The topological polar surface area (TPSA) is 131 Å². The summed E-state index contributed by atoms with van der Waals surface area (Å²) in [5.74, 6) is -2.77. The van der Waals surface area contributed by atoms with E-state index in [1.165, 1.54) is 13.2 Å². The van der Waals surface area contributed by atoms with Crippen LogP contribution in [0.25, 0.3) is 11.1 Å². The zero-order valence-electron chi connectivity index (χ0n) is 19.4. The normalized spacial score (nSPS) is 13.5. The van der Waals surface area contributed by atoms with E-state index in [-0.39, 0.29) is 31.8 Å². The molecular formula is C26H28N2O7. The van der Waals surface area contributed by atoms with E-state index in [4.69, 9.17) is 4.74 Å². The number of ether oxygens (including phenoxy) is 2. The maximum atomic E-state index is 12.7. The molecule has 2 atom stereocenters. The van der Waals surface area contributed by atoms with Crippen LogP contribution in [0.4, 0.5) is 4.79 Å². The zero-order valence-corrected chi connectivity index (χ0v) is 19.4. The Labute approximate surface area is 203 Å². The van der Waals surface area contributed by atoms with Gasteiger partial charge in [-0.15, -0.1) is 6.58 Å². The predicted octanol–water partition coefficient (Wildman–Crippen LogP) is 2.99. The van der Waals surface area contributed by atoms with Gasteiger partial charge < -0.3 is 25.2 Å². The number of hydrogen-bond donors (Lipinski definition) is 3. The van der Waals surface area contributed by atoms with E-state index in [0.29, 0.717) is 0 Å². The van der Waals surface area contributed by atoms with Crippen LogP contribution in [0.1, 0.15) is 36.3 Å². The van der Waals surface area contributed by atoms with Crippen LogP contribution in [0.2, 0.25) is 0 Å². The summed E-state index contributed by atoms with van der Waals surface area (Å²) in [7, 11) is 1.19. The zero-order chi connectivity index (χ0) is 25.4. The molecule has 2 amide bonds. The van der Waals surface area contributed by atoms with Gasteiger partial charge in [-0.2, -0.15) is 0 Å². The Kier molecular flexibility index (Phi) is 8.61. The Morgan fingerprint density at radius 3 is 2.14 bits per heavy atom. The van der Waals surface area contributed by atoms with Crippen LogP contribution >= 0.6 is 0 Å². The standard InChI is InChI=1S/C26H28N2O7/c1-3-8-21(24(30)27-22(25(31)32)13-14-23(29)34-2)28-26(33)35-15-20-18-11-6-4-9-16(18)17-10-5-7-12-19(17)20/h3-7,9-12,20-22H,1,8,13-15H2,2H3,(H,27,30)(H,28,33)(H,31,32)/t21?,22-/m1/s1. The number of alkyl carbamates (subject to hydrolysis) is 1. The molecule has 9 heteroatoms. The van der Waals surface area contributed by atoms with Gasteiger partial charge in [0, 0.05) is 12.3 Å². The first-order chi connectivity index (χ1) is 16.8. The van der Waals surface area contributed by atoms with Gasteiger partial charge in [0.15, 0.2) is 0 Å². The van der Waals surface area contributed by atoms with Gasteiger partial charge in [0.1, 0.15) is 18.7 Å². The average molecular weight is 481 g/mol. The molecule has 2 aromatic rings. The third-order valence-electron chi connectivity index (χ3n) is 5.83. The van der Waals surface area contributed by atoms with Crippen LogP contribution in [-0.2, 0) is 23.9 Å². The number of rotatable bonds is 11. The first kappa shape index (κ1) is 25.5. The second-order valence-electron chi connectivity index (χ2n) is 8.06. The highest BCUT2D eigenvalue weighted by atomic mass is 16.5. The monoisotopic (exact) mass is 480 g/mol. The SMILES string of the molecule is C=CCC(NC(=O)OCC1c2ccccc2-c2ccccc21)C(=O)N[C@H](CCC(=O)OC)C(=O)O. The molecule has 0 spiro atoms. The molecule has 1 unspecified atom stereocenters. The number of carbonyl (C=O) groups excluding carboxylic acids is 3. The number of carbonyl (C=O) groups is 4. The van der Waals surface area contributed by atoms with Crippen LogP contribution in [0, 0.1) is 0 Å². The summed E-state index contributed by atoms with van der Waals surface area (Å²) in [5, 5.41) is 14.2. The van der Waals surface area contributed by atoms with E-state index >= 15 is 0 Å². The molecule has 0 fully saturated rings. The van der Waals surface area contributed by atoms with Crippen LogP contribution in [0.15, 0.2) is 61.2 Å². The third-order valence-corrected chi connectivity index (χ3v) is 5.83. The van der Waals surface area contributed by atoms with E-state index in [1.54, 1.807) is 0 Å². The number of carboxylic acids is 1. The van der Waals surface area contributed by atoms with E-state index < -0.39 is 36.0 Å². The lowest BCUT2D eigenvalue weighted by Gasteiger charge is -2.21.